The lowest BCUT2D eigenvalue weighted by Crippen LogP contribution is -2.45. The minimum absolute atomic E-state index is 0.0247. The van der Waals surface area contributed by atoms with Crippen LogP contribution in [0.3, 0.4) is 0 Å². The van der Waals surface area contributed by atoms with Gasteiger partial charge in [-0.3, -0.25) is 9.10 Å². The van der Waals surface area contributed by atoms with E-state index in [1.807, 2.05) is 12.1 Å². The molecule has 3 aromatic carbocycles. The fourth-order valence-electron chi connectivity index (χ4n) is 3.38. The Balaban J connectivity index is 1.49. The molecule has 0 bridgehead atoms. The Morgan fingerprint density at radius 3 is 2.41 bits per heavy atom. The number of halogens is 1. The van der Waals surface area contributed by atoms with Gasteiger partial charge in [0.15, 0.2) is 11.5 Å². The van der Waals surface area contributed by atoms with Gasteiger partial charge in [0, 0.05) is 5.02 Å². The van der Waals surface area contributed by atoms with Crippen molar-refractivity contribution in [2.45, 2.75) is 11.0 Å². The van der Waals surface area contributed by atoms with Gasteiger partial charge in [-0.1, -0.05) is 23.7 Å². The monoisotopic (exact) mass is 502 g/mol. The molecule has 0 radical (unpaired) electrons. The van der Waals surface area contributed by atoms with Gasteiger partial charge in [-0.05, 0) is 60.7 Å². The fraction of sp³-hybridized carbons (Fsp3) is 0.208. The number of carbonyl (C=O) groups is 1. The van der Waals surface area contributed by atoms with E-state index in [1.165, 1.54) is 19.2 Å². The molecule has 10 heteroatoms. The van der Waals surface area contributed by atoms with Crippen molar-refractivity contribution >= 4 is 33.2 Å². The second kappa shape index (κ2) is 10.2. The highest BCUT2D eigenvalue weighted by Crippen LogP contribution is 2.31. The molecular formula is C24H23ClN2O6S. The van der Waals surface area contributed by atoms with Crippen LogP contribution in [0.2, 0.25) is 5.02 Å². The minimum atomic E-state index is -4.05. The third-order valence-corrected chi connectivity index (χ3v) is 7.18. The van der Waals surface area contributed by atoms with Crippen LogP contribution in [0.1, 0.15) is 0 Å². The van der Waals surface area contributed by atoms with Crippen molar-refractivity contribution in [2.24, 2.45) is 0 Å². The summed E-state index contributed by atoms with van der Waals surface area (Å²) in [5.74, 6) is 1.27. The van der Waals surface area contributed by atoms with Gasteiger partial charge >= 0.3 is 0 Å². The number of fused-ring (bicyclic) bond motifs is 1. The van der Waals surface area contributed by atoms with Crippen molar-refractivity contribution in [3.05, 3.63) is 77.8 Å². The van der Waals surface area contributed by atoms with Crippen LogP contribution in [0.25, 0.3) is 0 Å². The van der Waals surface area contributed by atoms with Crippen molar-refractivity contribution in [3.63, 3.8) is 0 Å². The second-order valence-electron chi connectivity index (χ2n) is 7.47. The fourth-order valence-corrected chi connectivity index (χ4v) is 4.92. The number of amides is 1. The highest BCUT2D eigenvalue weighted by molar-refractivity contribution is 7.92. The summed E-state index contributed by atoms with van der Waals surface area (Å²) in [6.07, 6.45) is -0.402. The molecule has 0 fully saturated rings. The smallest absolute Gasteiger partial charge is 0.264 e. The van der Waals surface area contributed by atoms with Crippen LogP contribution in [0.4, 0.5) is 5.69 Å². The van der Waals surface area contributed by atoms with E-state index in [0.717, 1.165) is 4.31 Å². The van der Waals surface area contributed by atoms with E-state index in [1.54, 1.807) is 48.5 Å². The predicted octanol–water partition coefficient (Wildman–Crippen LogP) is 3.50. The van der Waals surface area contributed by atoms with Crippen molar-refractivity contribution in [2.75, 3.05) is 31.1 Å². The van der Waals surface area contributed by atoms with Crippen LogP contribution < -0.4 is 23.8 Å². The van der Waals surface area contributed by atoms with Crippen LogP contribution in [0.5, 0.6) is 17.2 Å². The lowest BCUT2D eigenvalue weighted by molar-refractivity contribution is -0.120. The van der Waals surface area contributed by atoms with Gasteiger partial charge in [0.25, 0.3) is 10.0 Å². The van der Waals surface area contributed by atoms with Crippen molar-refractivity contribution in [1.29, 1.82) is 0 Å². The Morgan fingerprint density at radius 1 is 1.06 bits per heavy atom. The van der Waals surface area contributed by atoms with E-state index in [4.69, 9.17) is 25.8 Å². The Labute approximate surface area is 203 Å². The molecule has 1 aliphatic heterocycles. The van der Waals surface area contributed by atoms with E-state index in [-0.39, 0.29) is 18.0 Å². The van der Waals surface area contributed by atoms with Gasteiger partial charge in [0.05, 0.1) is 24.2 Å². The summed E-state index contributed by atoms with van der Waals surface area (Å²) in [6.45, 7) is -0.00724. The van der Waals surface area contributed by atoms with Crippen LogP contribution in [-0.4, -0.2) is 47.2 Å². The molecule has 8 nitrogen and oxygen atoms in total. The molecule has 178 valence electrons. The number of sulfonamides is 1. The van der Waals surface area contributed by atoms with Crippen LogP contribution in [0, 0.1) is 0 Å². The molecule has 0 aliphatic carbocycles. The lowest BCUT2D eigenvalue weighted by Gasteiger charge is -2.27. The Bertz CT molecular complexity index is 1250. The summed E-state index contributed by atoms with van der Waals surface area (Å²) >= 11 is 5.97. The summed E-state index contributed by atoms with van der Waals surface area (Å²) in [4.78, 5) is 12.8. The molecule has 1 aliphatic rings. The summed E-state index contributed by atoms with van der Waals surface area (Å²) in [5, 5.41) is 3.19. The normalized spacial score (nSPS) is 14.8. The molecule has 1 heterocycles. The van der Waals surface area contributed by atoms with Crippen LogP contribution in [-0.2, 0) is 14.8 Å². The lowest BCUT2D eigenvalue weighted by atomic mass is 10.2. The largest absolute Gasteiger partial charge is 0.497 e. The molecule has 0 aromatic heterocycles. The molecule has 0 saturated heterocycles. The average molecular weight is 503 g/mol. The maximum absolute atomic E-state index is 13.4. The SMILES string of the molecule is COc1ccc(S(=O)(=O)N(CC(=O)NC[C@@H]2COc3ccccc3O2)c2ccc(Cl)cc2)cc1. The number of para-hydroxylation sites is 2. The van der Waals surface area contributed by atoms with Gasteiger partial charge in [-0.2, -0.15) is 0 Å². The maximum atomic E-state index is 13.4. The van der Waals surface area contributed by atoms with Gasteiger partial charge in [-0.25, -0.2) is 8.42 Å². The zero-order chi connectivity index (χ0) is 24.1. The summed E-state index contributed by atoms with van der Waals surface area (Å²) in [7, 11) is -2.56. The number of hydrogen-bond donors (Lipinski definition) is 1. The van der Waals surface area contributed by atoms with Crippen molar-refractivity contribution in [3.8, 4) is 17.2 Å². The highest BCUT2D eigenvalue weighted by atomic mass is 35.5. The maximum Gasteiger partial charge on any atom is 0.264 e. The number of rotatable bonds is 8. The first kappa shape index (κ1) is 23.7. The number of anilines is 1. The Hall–Kier alpha value is -3.43. The molecule has 3 aromatic rings. The van der Waals surface area contributed by atoms with Crippen molar-refractivity contribution in [1.82, 2.24) is 5.32 Å². The topological polar surface area (TPSA) is 94.2 Å². The third kappa shape index (κ3) is 5.37. The number of benzene rings is 3. The van der Waals surface area contributed by atoms with Crippen LogP contribution in [0.15, 0.2) is 77.7 Å². The molecule has 1 N–H and O–H groups in total. The first-order chi connectivity index (χ1) is 16.4. The summed E-state index contributed by atoms with van der Waals surface area (Å²) in [5.41, 5.74) is 0.307. The number of nitrogens with one attached hydrogen (secondary N) is 1. The second-order valence-corrected chi connectivity index (χ2v) is 9.76. The van der Waals surface area contributed by atoms with E-state index in [0.29, 0.717) is 28.0 Å². The molecule has 1 amide bonds. The standard InChI is InChI=1S/C24H23ClN2O6S/c1-31-19-10-12-21(13-11-19)34(29,30)27(18-8-6-17(25)7-9-18)15-24(28)26-14-20-16-32-22-4-2-3-5-23(22)33-20/h2-13,20H,14-16H2,1H3,(H,26,28)/t20-/m1/s1. The zero-order valence-electron chi connectivity index (χ0n) is 18.3. The number of methoxy groups -OCH3 is 1. The molecule has 0 spiro atoms. The molecule has 34 heavy (non-hydrogen) atoms. The van der Waals surface area contributed by atoms with Crippen LogP contribution >= 0.6 is 11.6 Å². The Kier molecular flexibility index (Phi) is 7.14. The Morgan fingerprint density at radius 2 is 1.74 bits per heavy atom. The molecule has 0 saturated carbocycles. The van der Waals surface area contributed by atoms with E-state index < -0.39 is 28.6 Å². The van der Waals surface area contributed by atoms with Gasteiger partial charge < -0.3 is 19.5 Å². The molecule has 4 rings (SSSR count). The van der Waals surface area contributed by atoms with Crippen molar-refractivity contribution < 1.29 is 27.4 Å². The van der Waals surface area contributed by atoms with Gasteiger partial charge in [0.1, 0.15) is 25.0 Å². The number of hydrogen-bond acceptors (Lipinski definition) is 6. The predicted molar refractivity (Wildman–Crippen MR) is 128 cm³/mol. The number of carbonyl (C=O) groups excluding carboxylic acids is 1. The van der Waals surface area contributed by atoms with Gasteiger partial charge in [0.2, 0.25) is 5.91 Å². The molecule has 0 unspecified atom stereocenters. The average Bonchev–Trinajstić information content (AvgIpc) is 2.86. The number of ether oxygens (including phenoxy) is 3. The first-order valence-corrected chi connectivity index (χ1v) is 12.3. The first-order valence-electron chi connectivity index (χ1n) is 10.4. The number of nitrogens with zero attached hydrogens (tertiary/aromatic N) is 1. The summed E-state index contributed by atoms with van der Waals surface area (Å²) < 4.78 is 44.5. The van der Waals surface area contributed by atoms with E-state index in [9.17, 15) is 13.2 Å². The van der Waals surface area contributed by atoms with E-state index in [2.05, 4.69) is 5.32 Å². The third-order valence-electron chi connectivity index (χ3n) is 5.14. The zero-order valence-corrected chi connectivity index (χ0v) is 19.9. The summed E-state index contributed by atoms with van der Waals surface area (Å²) in [6, 6.07) is 19.4. The van der Waals surface area contributed by atoms with E-state index >= 15 is 0 Å². The molecular weight excluding hydrogens is 480 g/mol. The molecule has 1 atom stereocenters. The minimum Gasteiger partial charge on any atom is -0.497 e. The quantitative estimate of drug-likeness (QED) is 0.506. The highest BCUT2D eigenvalue weighted by Gasteiger charge is 2.28. The van der Waals surface area contributed by atoms with Gasteiger partial charge in [-0.15, -0.1) is 0 Å².